The molecule has 0 unspecified atom stereocenters. The number of nitrogens with zero attached hydrogens (tertiary/aromatic N) is 1. The number of nitrogens with one attached hydrogen (secondary N) is 4. The van der Waals surface area contributed by atoms with Gasteiger partial charge >= 0.3 is 0 Å². The Morgan fingerprint density at radius 3 is 2.79 bits per heavy atom. The average Bonchev–Trinajstić information content (AvgIpc) is 3.35. The van der Waals surface area contributed by atoms with E-state index in [1.54, 1.807) is 18.3 Å². The number of likely N-dealkylation sites (N-methyl/N-ethyl adjacent to an activating group) is 1. The van der Waals surface area contributed by atoms with Crippen LogP contribution < -0.4 is 10.6 Å². The molecule has 0 saturated carbocycles. The Morgan fingerprint density at radius 2 is 2.00 bits per heavy atom. The van der Waals surface area contributed by atoms with Crippen molar-refractivity contribution in [1.82, 2.24) is 25.6 Å². The van der Waals surface area contributed by atoms with Gasteiger partial charge < -0.3 is 20.6 Å². The lowest BCUT2D eigenvalue weighted by Crippen LogP contribution is -2.30. The standard InChI is InChI=1S/C22H22FN5O/c1-13-3-4-16(18(23)11-13)20-17(22(29)27-10-9-24-2)12-19(28-20)14-5-7-25-21-15(14)6-8-26-21/h3-8,11-12,24,28H,9-10H2,1-2H3,(H,25,26)(H,27,29). The molecule has 0 spiro atoms. The van der Waals surface area contributed by atoms with Gasteiger partial charge in [0.15, 0.2) is 0 Å². The van der Waals surface area contributed by atoms with Gasteiger partial charge in [0.2, 0.25) is 0 Å². The van der Waals surface area contributed by atoms with Gasteiger partial charge in [-0.1, -0.05) is 6.07 Å². The highest BCUT2D eigenvalue weighted by molar-refractivity contribution is 6.03. The van der Waals surface area contributed by atoms with Crippen LogP contribution in [-0.4, -0.2) is 41.0 Å². The zero-order valence-corrected chi connectivity index (χ0v) is 16.3. The smallest absolute Gasteiger partial charge is 0.253 e. The van der Waals surface area contributed by atoms with Crippen LogP contribution in [0, 0.1) is 12.7 Å². The van der Waals surface area contributed by atoms with Crippen LogP contribution in [0.1, 0.15) is 15.9 Å². The van der Waals surface area contributed by atoms with Gasteiger partial charge in [-0.2, -0.15) is 0 Å². The summed E-state index contributed by atoms with van der Waals surface area (Å²) in [7, 11) is 1.82. The first-order chi connectivity index (χ1) is 14.1. The number of aromatic amines is 2. The molecule has 3 heterocycles. The lowest BCUT2D eigenvalue weighted by atomic mass is 10.0. The lowest BCUT2D eigenvalue weighted by Gasteiger charge is -2.07. The first-order valence-corrected chi connectivity index (χ1v) is 9.43. The highest BCUT2D eigenvalue weighted by Crippen LogP contribution is 2.33. The minimum Gasteiger partial charge on any atom is -0.354 e. The number of aromatic nitrogens is 3. The van der Waals surface area contributed by atoms with Crippen LogP contribution in [0.5, 0.6) is 0 Å². The third kappa shape index (κ3) is 3.64. The Balaban J connectivity index is 1.84. The summed E-state index contributed by atoms with van der Waals surface area (Å²) in [5.74, 6) is -0.624. The number of benzene rings is 1. The van der Waals surface area contributed by atoms with E-state index in [0.29, 0.717) is 29.9 Å². The molecule has 29 heavy (non-hydrogen) atoms. The summed E-state index contributed by atoms with van der Waals surface area (Å²) >= 11 is 0. The predicted octanol–water partition coefficient (Wildman–Crippen LogP) is 3.62. The molecule has 0 atom stereocenters. The highest BCUT2D eigenvalue weighted by atomic mass is 19.1. The van der Waals surface area contributed by atoms with Crippen molar-refractivity contribution in [2.45, 2.75) is 6.92 Å². The number of aryl methyl sites for hydroxylation is 1. The fraction of sp³-hybridized carbons (Fsp3) is 0.182. The zero-order valence-electron chi connectivity index (χ0n) is 16.3. The van der Waals surface area contributed by atoms with Gasteiger partial charge in [0.05, 0.1) is 11.3 Å². The van der Waals surface area contributed by atoms with Gasteiger partial charge in [-0.25, -0.2) is 9.37 Å². The van der Waals surface area contributed by atoms with Gasteiger partial charge in [0.25, 0.3) is 5.91 Å². The fourth-order valence-electron chi connectivity index (χ4n) is 3.41. The first-order valence-electron chi connectivity index (χ1n) is 9.43. The third-order valence-corrected chi connectivity index (χ3v) is 4.87. The summed E-state index contributed by atoms with van der Waals surface area (Å²) in [6.07, 6.45) is 3.52. The summed E-state index contributed by atoms with van der Waals surface area (Å²) < 4.78 is 14.7. The van der Waals surface area contributed by atoms with Crippen molar-refractivity contribution >= 4 is 16.9 Å². The Kier molecular flexibility index (Phi) is 5.14. The van der Waals surface area contributed by atoms with Gasteiger partial charge in [0, 0.05) is 47.7 Å². The molecule has 0 radical (unpaired) electrons. The van der Waals surface area contributed by atoms with Crippen LogP contribution in [0.4, 0.5) is 4.39 Å². The number of carbonyl (C=O) groups excluding carboxylic acids is 1. The molecule has 4 aromatic rings. The van der Waals surface area contributed by atoms with Crippen LogP contribution in [0.2, 0.25) is 0 Å². The number of hydrogen-bond acceptors (Lipinski definition) is 3. The van der Waals surface area contributed by atoms with E-state index in [0.717, 1.165) is 27.9 Å². The van der Waals surface area contributed by atoms with Gasteiger partial charge in [-0.15, -0.1) is 0 Å². The molecule has 0 fully saturated rings. The second kappa shape index (κ2) is 7.89. The summed E-state index contributed by atoms with van der Waals surface area (Å²) in [6.45, 7) is 2.95. The van der Waals surface area contributed by atoms with Crippen molar-refractivity contribution in [1.29, 1.82) is 0 Å². The molecule has 7 heteroatoms. The highest BCUT2D eigenvalue weighted by Gasteiger charge is 2.20. The molecule has 6 nitrogen and oxygen atoms in total. The zero-order chi connectivity index (χ0) is 20.4. The second-order valence-corrected chi connectivity index (χ2v) is 6.91. The Morgan fingerprint density at radius 1 is 1.14 bits per heavy atom. The maximum absolute atomic E-state index is 14.7. The normalized spacial score (nSPS) is 11.1. The number of halogens is 1. The number of hydrogen-bond donors (Lipinski definition) is 4. The van der Waals surface area contributed by atoms with E-state index in [1.165, 1.54) is 6.07 Å². The molecule has 148 valence electrons. The number of fused-ring (bicyclic) bond motifs is 1. The van der Waals surface area contributed by atoms with Crippen molar-refractivity contribution in [3.8, 4) is 22.5 Å². The maximum atomic E-state index is 14.7. The molecule has 4 N–H and O–H groups in total. The monoisotopic (exact) mass is 391 g/mol. The van der Waals surface area contributed by atoms with Crippen molar-refractivity contribution in [3.63, 3.8) is 0 Å². The molecule has 0 saturated heterocycles. The Hall–Kier alpha value is -3.45. The van der Waals surface area contributed by atoms with E-state index in [9.17, 15) is 9.18 Å². The van der Waals surface area contributed by atoms with Gasteiger partial charge in [-0.05, 0) is 49.9 Å². The molecule has 0 aliphatic heterocycles. The molecule has 0 aliphatic carbocycles. The lowest BCUT2D eigenvalue weighted by molar-refractivity contribution is 0.0955. The second-order valence-electron chi connectivity index (χ2n) is 6.91. The summed E-state index contributed by atoms with van der Waals surface area (Å²) in [4.78, 5) is 23.5. The average molecular weight is 391 g/mol. The Bertz CT molecular complexity index is 1180. The van der Waals surface area contributed by atoms with E-state index in [4.69, 9.17) is 0 Å². The quantitative estimate of drug-likeness (QED) is 0.379. The van der Waals surface area contributed by atoms with E-state index in [2.05, 4.69) is 25.6 Å². The van der Waals surface area contributed by atoms with Crippen LogP contribution in [0.3, 0.4) is 0 Å². The molecule has 4 rings (SSSR count). The number of rotatable bonds is 6. The molecular formula is C22H22FN5O. The van der Waals surface area contributed by atoms with Crippen LogP contribution in [-0.2, 0) is 0 Å². The van der Waals surface area contributed by atoms with E-state index in [-0.39, 0.29) is 11.7 Å². The molecule has 1 amide bonds. The summed E-state index contributed by atoms with van der Waals surface area (Å²) in [6, 6.07) is 10.6. The largest absolute Gasteiger partial charge is 0.354 e. The van der Waals surface area contributed by atoms with E-state index < -0.39 is 0 Å². The molecule has 0 aliphatic rings. The topological polar surface area (TPSA) is 85.6 Å². The number of carbonyl (C=O) groups is 1. The predicted molar refractivity (Wildman–Crippen MR) is 112 cm³/mol. The summed E-state index contributed by atoms with van der Waals surface area (Å²) in [5.41, 5.74) is 4.41. The van der Waals surface area contributed by atoms with Crippen LogP contribution in [0.25, 0.3) is 33.5 Å². The first kappa shape index (κ1) is 18.9. The third-order valence-electron chi connectivity index (χ3n) is 4.87. The minimum atomic E-state index is -0.371. The van der Waals surface area contributed by atoms with Crippen LogP contribution in [0.15, 0.2) is 48.8 Å². The minimum absolute atomic E-state index is 0.253. The van der Waals surface area contributed by atoms with Crippen molar-refractivity contribution in [3.05, 3.63) is 65.7 Å². The van der Waals surface area contributed by atoms with Gasteiger partial charge in [0.1, 0.15) is 11.5 Å². The van der Waals surface area contributed by atoms with E-state index >= 15 is 0 Å². The molecular weight excluding hydrogens is 369 g/mol. The number of pyridine rings is 1. The fourth-order valence-corrected chi connectivity index (χ4v) is 3.41. The maximum Gasteiger partial charge on any atom is 0.253 e. The Labute approximate surface area is 167 Å². The molecule has 3 aromatic heterocycles. The molecule has 1 aromatic carbocycles. The SMILES string of the molecule is CNCCNC(=O)c1cc(-c2ccnc3[nH]ccc23)[nH]c1-c1ccc(C)cc1F. The van der Waals surface area contributed by atoms with E-state index in [1.807, 2.05) is 38.4 Å². The van der Waals surface area contributed by atoms with Gasteiger partial charge in [-0.3, -0.25) is 4.79 Å². The number of amides is 1. The number of H-pyrrole nitrogens is 2. The van der Waals surface area contributed by atoms with Crippen molar-refractivity contribution < 1.29 is 9.18 Å². The summed E-state index contributed by atoms with van der Waals surface area (Å²) in [5, 5.41) is 6.79. The molecule has 0 bridgehead atoms. The van der Waals surface area contributed by atoms with Crippen molar-refractivity contribution in [2.24, 2.45) is 0 Å². The van der Waals surface area contributed by atoms with Crippen LogP contribution >= 0.6 is 0 Å². The van der Waals surface area contributed by atoms with Crippen molar-refractivity contribution in [2.75, 3.05) is 20.1 Å².